The number of unbranched alkanes of at least 4 members (excludes halogenated alkanes) is 36. The number of nitrogens with one attached hydrogen (secondary N) is 1. The van der Waals surface area contributed by atoms with Crippen LogP contribution in [0.3, 0.4) is 0 Å². The maximum atomic E-state index is 12.5. The summed E-state index contributed by atoms with van der Waals surface area (Å²) < 4.78 is 0. The molecular formula is C56H107NO5. The van der Waals surface area contributed by atoms with E-state index >= 15 is 0 Å². The van der Waals surface area contributed by atoms with Crippen LogP contribution in [0.2, 0.25) is 0 Å². The van der Waals surface area contributed by atoms with Crippen LogP contribution >= 0.6 is 0 Å². The Morgan fingerprint density at radius 3 is 1.05 bits per heavy atom. The summed E-state index contributed by atoms with van der Waals surface area (Å²) in [6.07, 6.45) is 62.5. The van der Waals surface area contributed by atoms with Gasteiger partial charge in [-0.05, 0) is 58.3 Å². The standard InChI is InChI=1S/C56H107NO5/c1-3-5-7-9-11-13-15-17-18-19-20-21-22-23-24-25-26-27-28-29-30-31-32-33-34-35-36-37-38-40-42-44-46-48-50-54(60)56(62)57-52(51-58)55(61)53(59)49-47-45-43-41-39-16-14-12-10-8-6-4-2/h4,6,12,14,41,43,52-55,58-61H,3,5,7-11,13,15-40,42,44-51H2,1-2H3,(H,57,62)/b6-4+,14-12+,43-41+. The molecule has 0 aliphatic carbocycles. The smallest absolute Gasteiger partial charge is 0.249 e. The summed E-state index contributed by atoms with van der Waals surface area (Å²) in [5.41, 5.74) is 0. The first-order valence-corrected chi connectivity index (χ1v) is 27.3. The van der Waals surface area contributed by atoms with E-state index in [0.717, 1.165) is 51.4 Å². The second-order valence-corrected chi connectivity index (χ2v) is 18.9. The van der Waals surface area contributed by atoms with E-state index in [1.54, 1.807) is 0 Å². The van der Waals surface area contributed by atoms with Crippen molar-refractivity contribution < 1.29 is 25.2 Å². The third-order valence-electron chi connectivity index (χ3n) is 12.9. The number of aliphatic hydroxyl groups is 4. The fraction of sp³-hybridized carbons (Fsp3) is 0.875. The Hall–Kier alpha value is -1.47. The molecule has 0 aromatic carbocycles. The number of aliphatic hydroxyl groups excluding tert-OH is 4. The Balaban J connectivity index is 3.52. The number of hydrogen-bond donors (Lipinski definition) is 5. The van der Waals surface area contributed by atoms with Crippen molar-refractivity contribution in [3.05, 3.63) is 36.5 Å². The Morgan fingerprint density at radius 1 is 0.419 bits per heavy atom. The first-order valence-electron chi connectivity index (χ1n) is 27.3. The highest BCUT2D eigenvalue weighted by molar-refractivity contribution is 5.80. The summed E-state index contributed by atoms with van der Waals surface area (Å²) >= 11 is 0. The number of carbonyl (C=O) groups is 1. The molecule has 0 aromatic rings. The van der Waals surface area contributed by atoms with Crippen molar-refractivity contribution in [1.29, 1.82) is 0 Å². The van der Waals surface area contributed by atoms with Crippen LogP contribution in [0, 0.1) is 0 Å². The van der Waals surface area contributed by atoms with Crippen LogP contribution < -0.4 is 5.32 Å². The zero-order valence-electron chi connectivity index (χ0n) is 41.4. The van der Waals surface area contributed by atoms with Gasteiger partial charge >= 0.3 is 0 Å². The third kappa shape index (κ3) is 43.8. The van der Waals surface area contributed by atoms with Gasteiger partial charge in [0.05, 0.1) is 18.8 Å². The highest BCUT2D eigenvalue weighted by Crippen LogP contribution is 2.18. The number of hydrogen-bond acceptors (Lipinski definition) is 5. The average Bonchev–Trinajstić information content (AvgIpc) is 3.28. The first-order chi connectivity index (χ1) is 30.5. The van der Waals surface area contributed by atoms with Gasteiger partial charge < -0.3 is 25.7 Å². The molecule has 6 nitrogen and oxygen atoms in total. The zero-order chi connectivity index (χ0) is 45.2. The lowest BCUT2D eigenvalue weighted by atomic mass is 10.00. The highest BCUT2D eigenvalue weighted by Gasteiger charge is 2.28. The predicted octanol–water partition coefficient (Wildman–Crippen LogP) is 15.6. The van der Waals surface area contributed by atoms with Gasteiger partial charge in [0.25, 0.3) is 0 Å². The van der Waals surface area contributed by atoms with Crippen LogP contribution in [-0.2, 0) is 4.79 Å². The Morgan fingerprint density at radius 2 is 0.726 bits per heavy atom. The summed E-state index contributed by atoms with van der Waals surface area (Å²) in [5, 5.41) is 43.7. The third-order valence-corrected chi connectivity index (χ3v) is 12.9. The Kier molecular flexibility index (Phi) is 49.3. The summed E-state index contributed by atoms with van der Waals surface area (Å²) in [7, 11) is 0. The normalized spacial score (nSPS) is 14.1. The molecule has 0 aromatic heterocycles. The van der Waals surface area contributed by atoms with Gasteiger partial charge in [-0.2, -0.15) is 0 Å². The van der Waals surface area contributed by atoms with Crippen molar-refractivity contribution in [2.24, 2.45) is 0 Å². The zero-order valence-corrected chi connectivity index (χ0v) is 41.4. The molecule has 366 valence electrons. The van der Waals surface area contributed by atoms with Gasteiger partial charge in [-0.1, -0.05) is 262 Å². The summed E-state index contributed by atoms with van der Waals surface area (Å²) in [4.78, 5) is 12.5. The minimum Gasteiger partial charge on any atom is -0.394 e. The fourth-order valence-electron chi connectivity index (χ4n) is 8.62. The maximum Gasteiger partial charge on any atom is 0.249 e. The van der Waals surface area contributed by atoms with Crippen LogP contribution in [0.4, 0.5) is 0 Å². The molecule has 4 unspecified atom stereocenters. The lowest BCUT2D eigenvalue weighted by Gasteiger charge is -2.27. The van der Waals surface area contributed by atoms with Crippen LogP contribution in [0.25, 0.3) is 0 Å². The largest absolute Gasteiger partial charge is 0.394 e. The lowest BCUT2D eigenvalue weighted by Crippen LogP contribution is -2.53. The second kappa shape index (κ2) is 50.5. The molecule has 4 atom stereocenters. The number of allylic oxidation sites excluding steroid dienone is 6. The van der Waals surface area contributed by atoms with E-state index in [1.165, 1.54) is 199 Å². The van der Waals surface area contributed by atoms with Crippen LogP contribution in [-0.4, -0.2) is 57.3 Å². The number of carbonyl (C=O) groups excluding carboxylic acids is 1. The van der Waals surface area contributed by atoms with Crippen molar-refractivity contribution in [2.75, 3.05) is 6.61 Å². The van der Waals surface area contributed by atoms with E-state index < -0.39 is 36.9 Å². The number of amides is 1. The molecule has 0 radical (unpaired) electrons. The van der Waals surface area contributed by atoms with Gasteiger partial charge in [0, 0.05) is 0 Å². The van der Waals surface area contributed by atoms with E-state index in [1.807, 2.05) is 6.92 Å². The minimum atomic E-state index is -1.29. The molecule has 0 rings (SSSR count). The SMILES string of the molecule is C/C=C/CC/C=C/CC/C=C/CCCC(O)C(O)C(CO)NC(=O)C(O)CCCCCCCCCCCCCCCCCCCCCCCCCCCCCCCCCCCC. The molecule has 0 bridgehead atoms. The molecule has 0 saturated heterocycles. The van der Waals surface area contributed by atoms with Crippen molar-refractivity contribution in [1.82, 2.24) is 5.32 Å². The van der Waals surface area contributed by atoms with Crippen LogP contribution in [0.15, 0.2) is 36.5 Å². The van der Waals surface area contributed by atoms with Gasteiger partial charge in [0.15, 0.2) is 0 Å². The first kappa shape index (κ1) is 60.5. The highest BCUT2D eigenvalue weighted by atomic mass is 16.3. The molecule has 0 saturated carbocycles. The molecule has 0 spiro atoms. The topological polar surface area (TPSA) is 110 Å². The maximum absolute atomic E-state index is 12.5. The Bertz CT molecular complexity index is 981. The van der Waals surface area contributed by atoms with Crippen molar-refractivity contribution >= 4 is 5.91 Å². The average molecular weight is 874 g/mol. The Labute approximate surface area is 386 Å². The van der Waals surface area contributed by atoms with Crippen molar-refractivity contribution in [3.8, 4) is 0 Å². The van der Waals surface area contributed by atoms with Gasteiger partial charge in [0.1, 0.15) is 12.2 Å². The van der Waals surface area contributed by atoms with E-state index in [2.05, 4.69) is 48.7 Å². The van der Waals surface area contributed by atoms with E-state index in [4.69, 9.17) is 0 Å². The summed E-state index contributed by atoms with van der Waals surface area (Å²) in [5.74, 6) is -0.597. The molecule has 62 heavy (non-hydrogen) atoms. The van der Waals surface area contributed by atoms with E-state index in [0.29, 0.717) is 19.3 Å². The van der Waals surface area contributed by atoms with Gasteiger partial charge in [0.2, 0.25) is 5.91 Å². The van der Waals surface area contributed by atoms with Crippen molar-refractivity contribution in [3.63, 3.8) is 0 Å². The molecule has 5 N–H and O–H groups in total. The molecule has 0 aliphatic heterocycles. The minimum absolute atomic E-state index is 0.362. The van der Waals surface area contributed by atoms with Gasteiger partial charge in [-0.15, -0.1) is 0 Å². The van der Waals surface area contributed by atoms with E-state index in [9.17, 15) is 25.2 Å². The van der Waals surface area contributed by atoms with Gasteiger partial charge in [-0.3, -0.25) is 4.79 Å². The van der Waals surface area contributed by atoms with E-state index in [-0.39, 0.29) is 0 Å². The molecule has 1 amide bonds. The predicted molar refractivity (Wildman–Crippen MR) is 270 cm³/mol. The van der Waals surface area contributed by atoms with Crippen LogP contribution in [0.5, 0.6) is 0 Å². The number of rotatable bonds is 50. The quantitative estimate of drug-likeness (QED) is 0.0309. The molecule has 6 heteroatoms. The van der Waals surface area contributed by atoms with Crippen molar-refractivity contribution in [2.45, 2.75) is 308 Å². The molecule has 0 heterocycles. The molecule has 0 aliphatic rings. The molecule has 0 fully saturated rings. The van der Waals surface area contributed by atoms with Gasteiger partial charge in [-0.25, -0.2) is 0 Å². The van der Waals surface area contributed by atoms with Crippen LogP contribution in [0.1, 0.15) is 284 Å². The summed E-state index contributed by atoms with van der Waals surface area (Å²) in [6.45, 7) is 3.84. The molecular weight excluding hydrogens is 767 g/mol. The monoisotopic (exact) mass is 874 g/mol. The lowest BCUT2D eigenvalue weighted by molar-refractivity contribution is -0.132. The summed E-state index contributed by atoms with van der Waals surface area (Å²) in [6, 6.07) is -1.01. The fourth-order valence-corrected chi connectivity index (χ4v) is 8.62. The second-order valence-electron chi connectivity index (χ2n) is 18.9.